The number of aryl methyl sites for hydroxylation is 1. The maximum atomic E-state index is 12.0. The molecule has 2 aromatic heterocycles. The van der Waals surface area contributed by atoms with Crippen molar-refractivity contribution in [3.63, 3.8) is 0 Å². The van der Waals surface area contributed by atoms with Crippen molar-refractivity contribution in [2.45, 2.75) is 19.9 Å². The molecule has 0 saturated heterocycles. The number of hydrogen-bond acceptors (Lipinski definition) is 5. The number of amides is 2. The summed E-state index contributed by atoms with van der Waals surface area (Å²) in [5.74, 6) is -0.504. The van der Waals surface area contributed by atoms with Crippen molar-refractivity contribution in [2.75, 3.05) is 6.54 Å². The van der Waals surface area contributed by atoms with Gasteiger partial charge in [-0.05, 0) is 31.5 Å². The van der Waals surface area contributed by atoms with Crippen LogP contribution in [0.5, 0.6) is 0 Å². The van der Waals surface area contributed by atoms with Crippen LogP contribution < -0.4 is 10.6 Å². The van der Waals surface area contributed by atoms with Crippen molar-refractivity contribution >= 4 is 23.2 Å². The lowest BCUT2D eigenvalue weighted by Gasteiger charge is -2.15. The van der Waals surface area contributed by atoms with Crippen LogP contribution in [0.25, 0.3) is 11.3 Å². The first-order valence-electron chi connectivity index (χ1n) is 8.16. The number of aromatic nitrogens is 1. The fourth-order valence-corrected chi connectivity index (χ4v) is 3.09. The summed E-state index contributed by atoms with van der Waals surface area (Å²) >= 11 is 1.62. The number of furan rings is 1. The highest BCUT2D eigenvalue weighted by Crippen LogP contribution is 2.23. The van der Waals surface area contributed by atoms with Gasteiger partial charge in [-0.25, -0.2) is 4.98 Å². The van der Waals surface area contributed by atoms with Gasteiger partial charge in [0.25, 0.3) is 5.91 Å². The maximum absolute atomic E-state index is 12.0. The highest BCUT2D eigenvalue weighted by atomic mass is 32.1. The second-order valence-corrected chi connectivity index (χ2v) is 6.89. The molecule has 0 spiro atoms. The van der Waals surface area contributed by atoms with Gasteiger partial charge in [-0.2, -0.15) is 0 Å². The highest BCUT2D eigenvalue weighted by molar-refractivity contribution is 7.09. The van der Waals surface area contributed by atoms with Crippen molar-refractivity contribution in [1.29, 1.82) is 0 Å². The van der Waals surface area contributed by atoms with E-state index in [1.807, 2.05) is 43.5 Å². The van der Waals surface area contributed by atoms with E-state index in [-0.39, 0.29) is 24.3 Å². The number of nitrogens with zero attached hydrogens (tertiary/aromatic N) is 1. The van der Waals surface area contributed by atoms with Crippen molar-refractivity contribution < 1.29 is 14.0 Å². The molecule has 0 saturated carbocycles. The Hall–Kier alpha value is -2.93. The molecule has 0 bridgehead atoms. The fourth-order valence-electron chi connectivity index (χ4n) is 2.47. The minimum Gasteiger partial charge on any atom is -0.459 e. The first-order chi connectivity index (χ1) is 12.5. The van der Waals surface area contributed by atoms with Crippen LogP contribution in [0.4, 0.5) is 0 Å². The molecule has 0 aliphatic rings. The molecule has 2 amide bonds. The monoisotopic (exact) mass is 369 g/mol. The standard InChI is InChI=1S/C19H19N3O3S/c1-12(21-18(23)10-20-19(24)17-4-3-9-25-17)14-5-7-15(8-6-14)16-11-26-13(2)22-16/h3-9,11-12H,10H2,1-2H3,(H,20,24)(H,21,23). The molecule has 3 aromatic rings. The molecule has 0 fully saturated rings. The van der Waals surface area contributed by atoms with Gasteiger partial charge in [0.2, 0.25) is 5.91 Å². The summed E-state index contributed by atoms with van der Waals surface area (Å²) in [5.41, 5.74) is 2.98. The topological polar surface area (TPSA) is 84.2 Å². The second-order valence-electron chi connectivity index (χ2n) is 5.82. The Bertz CT molecular complexity index is 885. The van der Waals surface area contributed by atoms with E-state index in [2.05, 4.69) is 15.6 Å². The Labute approximate surface area is 155 Å². The molecule has 26 heavy (non-hydrogen) atoms. The van der Waals surface area contributed by atoms with Crippen molar-refractivity contribution in [3.8, 4) is 11.3 Å². The summed E-state index contributed by atoms with van der Waals surface area (Å²) < 4.78 is 4.98. The average molecular weight is 369 g/mol. The zero-order valence-corrected chi connectivity index (χ0v) is 15.3. The summed E-state index contributed by atoms with van der Waals surface area (Å²) in [6.45, 7) is 3.76. The van der Waals surface area contributed by atoms with Crippen molar-refractivity contribution in [2.24, 2.45) is 0 Å². The molecule has 1 aromatic carbocycles. The zero-order valence-electron chi connectivity index (χ0n) is 14.5. The Morgan fingerprint density at radius 3 is 2.62 bits per heavy atom. The minimum absolute atomic E-state index is 0.111. The van der Waals surface area contributed by atoms with E-state index in [9.17, 15) is 9.59 Å². The lowest BCUT2D eigenvalue weighted by molar-refractivity contribution is -0.120. The van der Waals surface area contributed by atoms with Crippen LogP contribution in [-0.4, -0.2) is 23.3 Å². The molecule has 2 N–H and O–H groups in total. The van der Waals surface area contributed by atoms with Gasteiger partial charge in [0.15, 0.2) is 5.76 Å². The summed E-state index contributed by atoms with van der Waals surface area (Å²) in [6.07, 6.45) is 1.41. The van der Waals surface area contributed by atoms with Crippen LogP contribution in [0.15, 0.2) is 52.5 Å². The molecule has 1 atom stereocenters. The lowest BCUT2D eigenvalue weighted by Crippen LogP contribution is -2.37. The second kappa shape index (κ2) is 7.97. The Kier molecular flexibility index (Phi) is 5.48. The molecular weight excluding hydrogens is 350 g/mol. The predicted octanol–water partition coefficient (Wildman–Crippen LogP) is 3.32. The Balaban J connectivity index is 1.53. The number of nitrogens with one attached hydrogen (secondary N) is 2. The maximum Gasteiger partial charge on any atom is 0.287 e. The van der Waals surface area contributed by atoms with Gasteiger partial charge < -0.3 is 15.1 Å². The van der Waals surface area contributed by atoms with E-state index in [1.165, 1.54) is 6.26 Å². The molecule has 134 valence electrons. The fraction of sp³-hybridized carbons (Fsp3) is 0.211. The van der Waals surface area contributed by atoms with Gasteiger partial charge in [0.05, 0.1) is 29.6 Å². The number of carbonyl (C=O) groups excluding carboxylic acids is 2. The molecular formula is C19H19N3O3S. The van der Waals surface area contributed by atoms with Crippen LogP contribution >= 0.6 is 11.3 Å². The lowest BCUT2D eigenvalue weighted by atomic mass is 10.0. The molecule has 2 heterocycles. The number of hydrogen-bond donors (Lipinski definition) is 2. The highest BCUT2D eigenvalue weighted by Gasteiger charge is 2.13. The number of thiazole rings is 1. The van der Waals surface area contributed by atoms with E-state index < -0.39 is 5.91 Å². The molecule has 3 rings (SSSR count). The molecule has 0 aliphatic heterocycles. The van der Waals surface area contributed by atoms with E-state index in [0.717, 1.165) is 21.8 Å². The first-order valence-corrected chi connectivity index (χ1v) is 9.04. The average Bonchev–Trinajstić information content (AvgIpc) is 3.31. The Morgan fingerprint density at radius 2 is 2.00 bits per heavy atom. The van der Waals surface area contributed by atoms with Crippen molar-refractivity contribution in [1.82, 2.24) is 15.6 Å². The van der Waals surface area contributed by atoms with Gasteiger partial charge in [0, 0.05) is 10.9 Å². The number of benzene rings is 1. The molecule has 0 aliphatic carbocycles. The normalized spacial score (nSPS) is 11.8. The third-order valence-electron chi connectivity index (χ3n) is 3.86. The third kappa shape index (κ3) is 4.37. The predicted molar refractivity (Wildman–Crippen MR) is 99.9 cm³/mol. The number of rotatable bonds is 6. The van der Waals surface area contributed by atoms with Gasteiger partial charge in [-0.15, -0.1) is 11.3 Å². The molecule has 1 unspecified atom stereocenters. The first kappa shape index (κ1) is 17.9. The van der Waals surface area contributed by atoms with Crippen LogP contribution in [0.1, 0.15) is 34.1 Å². The van der Waals surface area contributed by atoms with Gasteiger partial charge >= 0.3 is 0 Å². The third-order valence-corrected chi connectivity index (χ3v) is 4.63. The summed E-state index contributed by atoms with van der Waals surface area (Å²) in [6, 6.07) is 10.9. The summed E-state index contributed by atoms with van der Waals surface area (Å²) in [7, 11) is 0. The van der Waals surface area contributed by atoms with Crippen LogP contribution in [0, 0.1) is 6.92 Å². The molecule has 6 nitrogen and oxygen atoms in total. The molecule has 7 heteroatoms. The van der Waals surface area contributed by atoms with Crippen LogP contribution in [0.3, 0.4) is 0 Å². The minimum atomic E-state index is -0.416. The van der Waals surface area contributed by atoms with Crippen molar-refractivity contribution in [3.05, 3.63) is 64.4 Å². The molecule has 0 radical (unpaired) electrons. The van der Waals surface area contributed by atoms with Gasteiger partial charge in [-0.1, -0.05) is 24.3 Å². The SMILES string of the molecule is Cc1nc(-c2ccc(C(C)NC(=O)CNC(=O)c3ccco3)cc2)cs1. The van der Waals surface area contributed by atoms with E-state index in [4.69, 9.17) is 4.42 Å². The van der Waals surface area contributed by atoms with Crippen LogP contribution in [-0.2, 0) is 4.79 Å². The summed E-state index contributed by atoms with van der Waals surface area (Å²) in [4.78, 5) is 28.2. The number of carbonyl (C=O) groups is 2. The van der Waals surface area contributed by atoms with E-state index in [0.29, 0.717) is 0 Å². The zero-order chi connectivity index (χ0) is 18.5. The van der Waals surface area contributed by atoms with Crippen LogP contribution in [0.2, 0.25) is 0 Å². The largest absolute Gasteiger partial charge is 0.459 e. The van der Waals surface area contributed by atoms with Gasteiger partial charge in [0.1, 0.15) is 0 Å². The van der Waals surface area contributed by atoms with Gasteiger partial charge in [-0.3, -0.25) is 9.59 Å². The van der Waals surface area contributed by atoms with E-state index >= 15 is 0 Å². The van der Waals surface area contributed by atoms with E-state index in [1.54, 1.807) is 23.5 Å². The smallest absolute Gasteiger partial charge is 0.287 e. The summed E-state index contributed by atoms with van der Waals surface area (Å²) in [5, 5.41) is 8.44. The quantitative estimate of drug-likeness (QED) is 0.698. The Morgan fingerprint density at radius 1 is 1.23 bits per heavy atom.